The largest absolute Gasteiger partial charge is 0.467 e. The molecule has 0 aliphatic carbocycles. The standard InChI is InChI=1S/C14H24N4O3S/c1-3-15-14(17-10-13-5-4-8-21-13)16-9-12-6-7-18(11-12)22(2,19)20/h4-5,8,12H,3,6-7,9-11H2,1-2H3,(H2,15,16,17). The molecule has 1 aromatic heterocycles. The minimum absolute atomic E-state index is 0.308. The SMILES string of the molecule is CCNC(=NCc1ccco1)NCC1CCN(S(C)(=O)=O)C1. The zero-order chi connectivity index (χ0) is 16.0. The summed E-state index contributed by atoms with van der Waals surface area (Å²) in [6.45, 7) is 5.13. The Labute approximate surface area is 131 Å². The second-order valence-electron chi connectivity index (χ2n) is 5.43. The first-order valence-corrected chi connectivity index (χ1v) is 9.33. The van der Waals surface area contributed by atoms with Gasteiger partial charge in [0.2, 0.25) is 10.0 Å². The summed E-state index contributed by atoms with van der Waals surface area (Å²) in [4.78, 5) is 4.45. The van der Waals surface area contributed by atoms with Gasteiger partial charge in [0.25, 0.3) is 0 Å². The molecule has 1 fully saturated rings. The second-order valence-corrected chi connectivity index (χ2v) is 7.41. The first-order valence-electron chi connectivity index (χ1n) is 7.48. The van der Waals surface area contributed by atoms with Crippen molar-refractivity contribution in [2.45, 2.75) is 19.9 Å². The Bertz CT molecular complexity index is 583. The predicted octanol–water partition coefficient (Wildman–Crippen LogP) is 0.616. The van der Waals surface area contributed by atoms with Gasteiger partial charge in [-0.15, -0.1) is 0 Å². The molecule has 2 heterocycles. The van der Waals surface area contributed by atoms with Gasteiger partial charge >= 0.3 is 0 Å². The molecule has 1 aliphatic heterocycles. The predicted molar refractivity (Wildman–Crippen MR) is 86.1 cm³/mol. The highest BCUT2D eigenvalue weighted by Crippen LogP contribution is 2.17. The van der Waals surface area contributed by atoms with Gasteiger partial charge in [-0.1, -0.05) is 0 Å². The molecule has 1 aliphatic rings. The molecule has 0 spiro atoms. The summed E-state index contributed by atoms with van der Waals surface area (Å²) in [6, 6.07) is 3.72. The number of sulfonamides is 1. The Morgan fingerprint density at radius 1 is 1.50 bits per heavy atom. The number of aliphatic imine (C=N–C) groups is 1. The topological polar surface area (TPSA) is 86.9 Å². The fourth-order valence-corrected chi connectivity index (χ4v) is 3.33. The van der Waals surface area contributed by atoms with Crippen LogP contribution in [0.25, 0.3) is 0 Å². The third-order valence-corrected chi connectivity index (χ3v) is 4.86. The van der Waals surface area contributed by atoms with Gasteiger partial charge < -0.3 is 15.1 Å². The number of nitrogens with one attached hydrogen (secondary N) is 2. The number of rotatable bonds is 6. The number of guanidine groups is 1. The van der Waals surface area contributed by atoms with Gasteiger partial charge in [0, 0.05) is 26.2 Å². The molecule has 2 rings (SSSR count). The molecule has 0 saturated carbocycles. The molecule has 1 atom stereocenters. The highest BCUT2D eigenvalue weighted by Gasteiger charge is 2.28. The fourth-order valence-electron chi connectivity index (χ4n) is 2.41. The molecular formula is C14H24N4O3S. The maximum atomic E-state index is 11.5. The van der Waals surface area contributed by atoms with Crippen LogP contribution in [0, 0.1) is 5.92 Å². The van der Waals surface area contributed by atoms with Gasteiger partial charge in [-0.05, 0) is 31.4 Å². The Morgan fingerprint density at radius 2 is 2.32 bits per heavy atom. The molecule has 0 aromatic carbocycles. The van der Waals surface area contributed by atoms with Gasteiger partial charge in [0.05, 0.1) is 12.5 Å². The van der Waals surface area contributed by atoms with Crippen molar-refractivity contribution in [1.82, 2.24) is 14.9 Å². The normalized spacial score (nSPS) is 20.3. The van der Waals surface area contributed by atoms with E-state index < -0.39 is 10.0 Å². The van der Waals surface area contributed by atoms with E-state index in [0.29, 0.717) is 32.1 Å². The van der Waals surface area contributed by atoms with E-state index in [1.54, 1.807) is 6.26 Å². The van der Waals surface area contributed by atoms with E-state index >= 15 is 0 Å². The van der Waals surface area contributed by atoms with Crippen molar-refractivity contribution >= 4 is 16.0 Å². The van der Waals surface area contributed by atoms with Gasteiger partial charge in [0.15, 0.2) is 5.96 Å². The first kappa shape index (κ1) is 16.8. The quantitative estimate of drug-likeness (QED) is 0.590. The van der Waals surface area contributed by atoms with Crippen molar-refractivity contribution < 1.29 is 12.8 Å². The van der Waals surface area contributed by atoms with Crippen molar-refractivity contribution in [2.24, 2.45) is 10.9 Å². The van der Waals surface area contributed by atoms with Crippen molar-refractivity contribution in [1.29, 1.82) is 0 Å². The van der Waals surface area contributed by atoms with Crippen LogP contribution in [-0.2, 0) is 16.6 Å². The van der Waals surface area contributed by atoms with Crippen LogP contribution in [-0.4, -0.2) is 51.1 Å². The third kappa shape index (κ3) is 5.03. The number of hydrogen-bond donors (Lipinski definition) is 2. The minimum atomic E-state index is -3.08. The highest BCUT2D eigenvalue weighted by atomic mass is 32.2. The zero-order valence-electron chi connectivity index (χ0n) is 13.1. The zero-order valence-corrected chi connectivity index (χ0v) is 13.9. The Hall–Kier alpha value is -1.54. The smallest absolute Gasteiger partial charge is 0.211 e. The van der Waals surface area contributed by atoms with Gasteiger partial charge in [-0.2, -0.15) is 0 Å². The summed E-state index contributed by atoms with van der Waals surface area (Å²) in [7, 11) is -3.08. The van der Waals surface area contributed by atoms with E-state index in [1.807, 2.05) is 19.1 Å². The lowest BCUT2D eigenvalue weighted by molar-refractivity contribution is 0.458. The van der Waals surface area contributed by atoms with E-state index in [0.717, 1.165) is 24.7 Å². The second kappa shape index (κ2) is 7.64. The lowest BCUT2D eigenvalue weighted by Gasteiger charge is -2.16. The van der Waals surface area contributed by atoms with E-state index in [9.17, 15) is 8.42 Å². The summed E-state index contributed by atoms with van der Waals surface area (Å²) in [5.41, 5.74) is 0. The van der Waals surface area contributed by atoms with Crippen molar-refractivity contribution in [2.75, 3.05) is 32.4 Å². The molecule has 124 valence electrons. The maximum Gasteiger partial charge on any atom is 0.211 e. The van der Waals surface area contributed by atoms with Gasteiger partial charge in [-0.3, -0.25) is 0 Å². The molecule has 0 radical (unpaired) electrons. The van der Waals surface area contributed by atoms with E-state index in [-0.39, 0.29) is 0 Å². The molecular weight excluding hydrogens is 304 g/mol. The summed E-state index contributed by atoms with van der Waals surface area (Å²) in [5.74, 6) is 1.83. The monoisotopic (exact) mass is 328 g/mol. The highest BCUT2D eigenvalue weighted by molar-refractivity contribution is 7.88. The Balaban J connectivity index is 1.83. The molecule has 22 heavy (non-hydrogen) atoms. The molecule has 7 nitrogen and oxygen atoms in total. The molecule has 1 saturated heterocycles. The van der Waals surface area contributed by atoms with Crippen molar-refractivity contribution in [3.05, 3.63) is 24.2 Å². The Morgan fingerprint density at radius 3 is 2.91 bits per heavy atom. The van der Waals surface area contributed by atoms with Crippen LogP contribution < -0.4 is 10.6 Å². The number of hydrogen-bond acceptors (Lipinski definition) is 4. The van der Waals surface area contributed by atoms with Crippen LogP contribution in [0.2, 0.25) is 0 Å². The van der Waals surface area contributed by atoms with E-state index in [1.165, 1.54) is 10.6 Å². The lowest BCUT2D eigenvalue weighted by atomic mass is 10.1. The van der Waals surface area contributed by atoms with Crippen molar-refractivity contribution in [3.63, 3.8) is 0 Å². The molecule has 8 heteroatoms. The third-order valence-electron chi connectivity index (χ3n) is 3.59. The number of furan rings is 1. The van der Waals surface area contributed by atoms with Crippen LogP contribution in [0.5, 0.6) is 0 Å². The average molecular weight is 328 g/mol. The summed E-state index contributed by atoms with van der Waals surface area (Å²) < 4.78 is 29.8. The van der Waals surface area contributed by atoms with Crippen LogP contribution in [0.1, 0.15) is 19.1 Å². The van der Waals surface area contributed by atoms with Crippen LogP contribution in [0.3, 0.4) is 0 Å². The molecule has 0 amide bonds. The minimum Gasteiger partial charge on any atom is -0.467 e. The van der Waals surface area contributed by atoms with Crippen LogP contribution >= 0.6 is 0 Å². The fraction of sp³-hybridized carbons (Fsp3) is 0.643. The van der Waals surface area contributed by atoms with Crippen molar-refractivity contribution in [3.8, 4) is 0 Å². The Kier molecular flexibility index (Phi) is 5.84. The number of nitrogens with zero attached hydrogens (tertiary/aromatic N) is 2. The van der Waals surface area contributed by atoms with Gasteiger partial charge in [-0.25, -0.2) is 17.7 Å². The summed E-state index contributed by atoms with van der Waals surface area (Å²) >= 11 is 0. The summed E-state index contributed by atoms with van der Waals surface area (Å²) in [5, 5.41) is 6.45. The molecule has 2 N–H and O–H groups in total. The molecule has 1 aromatic rings. The lowest BCUT2D eigenvalue weighted by Crippen LogP contribution is -2.40. The van der Waals surface area contributed by atoms with Gasteiger partial charge in [0.1, 0.15) is 12.3 Å². The van der Waals surface area contributed by atoms with Crippen LogP contribution in [0.4, 0.5) is 0 Å². The summed E-state index contributed by atoms with van der Waals surface area (Å²) in [6.07, 6.45) is 3.76. The average Bonchev–Trinajstić information content (AvgIpc) is 3.12. The van der Waals surface area contributed by atoms with E-state index in [2.05, 4.69) is 15.6 Å². The van der Waals surface area contributed by atoms with E-state index in [4.69, 9.17) is 4.42 Å². The molecule has 0 bridgehead atoms. The maximum absolute atomic E-state index is 11.5. The molecule has 1 unspecified atom stereocenters. The first-order chi connectivity index (χ1) is 10.5. The van der Waals surface area contributed by atoms with Crippen LogP contribution in [0.15, 0.2) is 27.8 Å².